The summed E-state index contributed by atoms with van der Waals surface area (Å²) in [5.41, 5.74) is 1.27. The van der Waals surface area contributed by atoms with Crippen molar-refractivity contribution in [2.75, 3.05) is 41.4 Å². The highest BCUT2D eigenvalue weighted by molar-refractivity contribution is 8.11. The van der Waals surface area contributed by atoms with Gasteiger partial charge in [0.1, 0.15) is 12.6 Å². The Balaban J connectivity index is 1.55. The van der Waals surface area contributed by atoms with Crippen molar-refractivity contribution in [2.24, 2.45) is 0 Å². The first kappa shape index (κ1) is 26.1. The molecule has 2 aliphatic heterocycles. The lowest BCUT2D eigenvalue weighted by atomic mass is 10.2. The zero-order valence-corrected chi connectivity index (χ0v) is 22.8. The number of nitrogens with zero attached hydrogens (tertiary/aromatic N) is 2. The van der Waals surface area contributed by atoms with Crippen molar-refractivity contribution >= 4 is 75.3 Å². The summed E-state index contributed by atoms with van der Waals surface area (Å²) in [4.78, 5) is 56.8. The molecule has 0 saturated heterocycles. The molecule has 0 aliphatic carbocycles. The molecular weight excluding hydrogens is 522 g/mol. The van der Waals surface area contributed by atoms with Gasteiger partial charge in [0.05, 0.1) is 24.0 Å². The molecule has 4 unspecified atom stereocenters. The number of carbonyl (C=O) groups is 4. The second-order valence-corrected chi connectivity index (χ2v) is 11.8. The Hall–Kier alpha value is -1.96. The van der Waals surface area contributed by atoms with E-state index in [0.29, 0.717) is 22.9 Å². The van der Waals surface area contributed by atoms with E-state index in [2.05, 4.69) is 19.6 Å². The SMILES string of the molecule is CNC1CSc2ccccc2N(CC(=O)NC2CSc3ccccc3N(CC(=O)PP)C2=O)C1=O. The van der Waals surface area contributed by atoms with Crippen LogP contribution in [0, 0.1) is 0 Å². The molecule has 0 aromatic heterocycles. The van der Waals surface area contributed by atoms with Crippen LogP contribution in [-0.2, 0) is 19.2 Å². The van der Waals surface area contributed by atoms with Gasteiger partial charge in [-0.1, -0.05) is 24.3 Å². The number of amides is 3. The van der Waals surface area contributed by atoms with Crippen LogP contribution >= 0.6 is 40.7 Å². The van der Waals surface area contributed by atoms with Crippen LogP contribution in [0.4, 0.5) is 11.4 Å². The van der Waals surface area contributed by atoms with Gasteiger partial charge in [-0.05, 0) is 39.6 Å². The topological polar surface area (TPSA) is 98.8 Å². The number of anilines is 2. The quantitative estimate of drug-likeness (QED) is 0.513. The van der Waals surface area contributed by atoms with Gasteiger partial charge in [-0.2, -0.15) is 0 Å². The molecule has 0 spiro atoms. The lowest BCUT2D eigenvalue weighted by molar-refractivity contribution is -0.127. The Morgan fingerprint density at radius 1 is 0.914 bits per heavy atom. The molecule has 0 saturated carbocycles. The second kappa shape index (κ2) is 11.8. The largest absolute Gasteiger partial charge is 0.342 e. The molecule has 4 atom stereocenters. The molecule has 0 fully saturated rings. The molecule has 184 valence electrons. The van der Waals surface area contributed by atoms with Gasteiger partial charge in [-0.3, -0.25) is 19.2 Å². The number of thioether (sulfide) groups is 2. The van der Waals surface area contributed by atoms with Gasteiger partial charge in [0.2, 0.25) is 11.8 Å². The molecule has 12 heteroatoms. The van der Waals surface area contributed by atoms with Crippen LogP contribution < -0.4 is 20.4 Å². The number of likely N-dealkylation sites (N-methyl/N-ethyl adjacent to an activating group) is 1. The van der Waals surface area contributed by atoms with Crippen LogP contribution in [-0.4, -0.2) is 67.0 Å². The molecule has 2 aromatic carbocycles. The predicted octanol–water partition coefficient (Wildman–Crippen LogP) is 2.33. The molecule has 35 heavy (non-hydrogen) atoms. The zero-order chi connectivity index (χ0) is 24.9. The lowest BCUT2D eigenvalue weighted by Gasteiger charge is -2.27. The molecule has 3 amide bonds. The number of nitrogens with one attached hydrogen (secondary N) is 2. The molecule has 2 N–H and O–H groups in total. The zero-order valence-electron chi connectivity index (χ0n) is 19.0. The highest BCUT2D eigenvalue weighted by atomic mass is 32.2. The maximum atomic E-state index is 13.5. The normalized spacial score (nSPS) is 20.3. The third-order valence-electron chi connectivity index (χ3n) is 5.70. The van der Waals surface area contributed by atoms with E-state index in [1.54, 1.807) is 18.8 Å². The van der Waals surface area contributed by atoms with Crippen LogP contribution in [0.1, 0.15) is 0 Å². The maximum Gasteiger partial charge on any atom is 0.250 e. The van der Waals surface area contributed by atoms with Crippen LogP contribution in [0.15, 0.2) is 58.3 Å². The summed E-state index contributed by atoms with van der Waals surface area (Å²) in [6, 6.07) is 13.7. The van der Waals surface area contributed by atoms with Crippen molar-refractivity contribution in [1.82, 2.24) is 10.6 Å². The summed E-state index contributed by atoms with van der Waals surface area (Å²) in [5.74, 6) is -0.0742. The van der Waals surface area contributed by atoms with Crippen molar-refractivity contribution in [3.05, 3.63) is 48.5 Å². The lowest BCUT2D eigenvalue weighted by Crippen LogP contribution is -2.54. The summed E-state index contributed by atoms with van der Waals surface area (Å²) < 4.78 is 0. The Labute approximate surface area is 216 Å². The molecule has 2 heterocycles. The minimum atomic E-state index is -0.827. The van der Waals surface area contributed by atoms with Crippen molar-refractivity contribution in [1.29, 1.82) is 0 Å². The Kier molecular flexibility index (Phi) is 8.84. The number of carbonyl (C=O) groups excluding carboxylic acids is 4. The van der Waals surface area contributed by atoms with Crippen molar-refractivity contribution in [2.45, 2.75) is 21.9 Å². The van der Waals surface area contributed by atoms with Crippen LogP contribution in [0.5, 0.6) is 0 Å². The fraction of sp³-hybridized carbons (Fsp3) is 0.304. The van der Waals surface area contributed by atoms with Crippen LogP contribution in [0.2, 0.25) is 0 Å². The van der Waals surface area contributed by atoms with E-state index < -0.39 is 18.0 Å². The van der Waals surface area contributed by atoms with E-state index in [0.717, 1.165) is 9.79 Å². The third-order valence-corrected chi connectivity index (χ3v) is 9.46. The van der Waals surface area contributed by atoms with Crippen molar-refractivity contribution in [3.63, 3.8) is 0 Å². The second-order valence-electron chi connectivity index (χ2n) is 7.94. The van der Waals surface area contributed by atoms with E-state index in [4.69, 9.17) is 0 Å². The number of hydrogen-bond acceptors (Lipinski definition) is 7. The number of benzene rings is 2. The highest BCUT2D eigenvalue weighted by Crippen LogP contribution is 2.36. The van der Waals surface area contributed by atoms with Crippen molar-refractivity contribution in [3.8, 4) is 0 Å². The van der Waals surface area contributed by atoms with Crippen LogP contribution in [0.3, 0.4) is 0 Å². The fourth-order valence-electron chi connectivity index (χ4n) is 3.92. The fourth-order valence-corrected chi connectivity index (χ4v) is 6.67. The summed E-state index contributed by atoms with van der Waals surface area (Å²) in [6.07, 6.45) is 0. The van der Waals surface area contributed by atoms with E-state index in [1.807, 2.05) is 48.5 Å². The molecule has 2 aliphatic rings. The van der Waals surface area contributed by atoms with E-state index >= 15 is 0 Å². The van der Waals surface area contributed by atoms with E-state index in [9.17, 15) is 19.2 Å². The van der Waals surface area contributed by atoms with Gasteiger partial charge in [0.15, 0.2) is 5.52 Å². The molecule has 0 radical (unpaired) electrons. The van der Waals surface area contributed by atoms with Crippen molar-refractivity contribution < 1.29 is 19.2 Å². The minimum Gasteiger partial charge on any atom is -0.342 e. The first-order valence-corrected chi connectivity index (χ1v) is 15.7. The number of fused-ring (bicyclic) bond motifs is 2. The maximum absolute atomic E-state index is 13.5. The average Bonchev–Trinajstić information content (AvgIpc) is 3.08. The van der Waals surface area contributed by atoms with Gasteiger partial charge in [-0.15, -0.1) is 32.5 Å². The first-order valence-electron chi connectivity index (χ1n) is 11.0. The summed E-state index contributed by atoms with van der Waals surface area (Å²) in [7, 11) is 4.12. The molecular formula is C23H26N4O4P2S2. The third kappa shape index (κ3) is 5.89. The minimum absolute atomic E-state index is 0.0142. The van der Waals surface area contributed by atoms with E-state index in [-0.39, 0.29) is 38.7 Å². The predicted molar refractivity (Wildman–Crippen MR) is 147 cm³/mol. The highest BCUT2D eigenvalue weighted by Gasteiger charge is 2.35. The number of rotatable bonds is 7. The number of hydrogen-bond donors (Lipinski definition) is 2. The smallest absolute Gasteiger partial charge is 0.250 e. The summed E-state index contributed by atoms with van der Waals surface area (Å²) in [6.45, 7) is -0.258. The van der Waals surface area contributed by atoms with Gasteiger partial charge in [0.25, 0.3) is 5.91 Å². The summed E-state index contributed by atoms with van der Waals surface area (Å²) in [5, 5.41) is 5.86. The molecule has 8 nitrogen and oxygen atoms in total. The Morgan fingerprint density at radius 3 is 2.00 bits per heavy atom. The van der Waals surface area contributed by atoms with E-state index in [1.165, 1.54) is 21.6 Å². The first-order chi connectivity index (χ1) is 16.9. The number of para-hydroxylation sites is 2. The Bertz CT molecular complexity index is 1150. The Morgan fingerprint density at radius 2 is 1.43 bits per heavy atom. The molecule has 0 bridgehead atoms. The monoisotopic (exact) mass is 548 g/mol. The van der Waals surface area contributed by atoms with Gasteiger partial charge < -0.3 is 20.4 Å². The van der Waals surface area contributed by atoms with Crippen LogP contribution in [0.25, 0.3) is 0 Å². The van der Waals surface area contributed by atoms with Gasteiger partial charge in [-0.25, -0.2) is 0 Å². The molecule has 2 aromatic rings. The molecule has 4 rings (SSSR count). The average molecular weight is 549 g/mol. The van der Waals surface area contributed by atoms with Gasteiger partial charge >= 0.3 is 0 Å². The summed E-state index contributed by atoms with van der Waals surface area (Å²) >= 11 is 3.02. The standard InChI is InChI=1S/C23H26N4O4P2S2/c1-24-14-12-34-18-8-4-2-6-16(18)26(22(14)30)10-20(28)25-15-13-35-19-9-5-3-7-17(19)27(23(15)31)11-21(29)33-32/h2-9,14-15,24,33H,10-13,32H2,1H3,(H,25,28). The van der Waals surface area contributed by atoms with Gasteiger partial charge in [0, 0.05) is 21.3 Å².